The zero-order chi connectivity index (χ0) is 15.6. The Hall–Kier alpha value is -1.73. The first-order valence-electron chi connectivity index (χ1n) is 6.90. The average Bonchev–Trinajstić information content (AvgIpc) is 2.55. The Morgan fingerprint density at radius 2 is 1.50 bits per heavy atom. The van der Waals surface area contributed by atoms with Gasteiger partial charge in [-0.05, 0) is 11.6 Å². The Balaban J connectivity index is 1.78. The van der Waals surface area contributed by atoms with Crippen LogP contribution in [0.2, 0.25) is 0 Å². The summed E-state index contributed by atoms with van der Waals surface area (Å²) in [4.78, 5) is -0.0923. The minimum Gasteiger partial charge on any atom is -0.348 e. The SMILES string of the molecule is O=S(=O)(O)c1ccccc1C1COC(c2ccccc2)OC1. The largest absolute Gasteiger partial charge is 0.348 e. The van der Waals surface area contributed by atoms with Gasteiger partial charge >= 0.3 is 0 Å². The van der Waals surface area contributed by atoms with Gasteiger partial charge in [0.1, 0.15) is 0 Å². The van der Waals surface area contributed by atoms with Crippen molar-refractivity contribution in [3.63, 3.8) is 0 Å². The molecule has 2 aromatic rings. The summed E-state index contributed by atoms with van der Waals surface area (Å²) in [5.74, 6) is -0.238. The second kappa shape index (κ2) is 6.18. The topological polar surface area (TPSA) is 72.8 Å². The summed E-state index contributed by atoms with van der Waals surface area (Å²) in [6, 6.07) is 15.9. The van der Waals surface area contributed by atoms with Crippen LogP contribution < -0.4 is 0 Å². The van der Waals surface area contributed by atoms with Gasteiger partial charge in [0.05, 0.1) is 18.1 Å². The van der Waals surface area contributed by atoms with E-state index in [1.165, 1.54) is 6.07 Å². The van der Waals surface area contributed by atoms with Crippen molar-refractivity contribution in [1.29, 1.82) is 0 Å². The molecule has 0 amide bonds. The lowest BCUT2D eigenvalue weighted by atomic mass is 10.00. The van der Waals surface area contributed by atoms with Crippen LogP contribution in [0.15, 0.2) is 59.5 Å². The van der Waals surface area contributed by atoms with Gasteiger partial charge in [0.25, 0.3) is 10.1 Å². The highest BCUT2D eigenvalue weighted by Crippen LogP contribution is 2.32. The second-order valence-corrected chi connectivity index (χ2v) is 6.51. The molecule has 116 valence electrons. The summed E-state index contributed by atoms with van der Waals surface area (Å²) in [5, 5.41) is 0. The highest BCUT2D eigenvalue weighted by atomic mass is 32.2. The molecule has 6 heteroatoms. The second-order valence-electron chi connectivity index (χ2n) is 5.12. The molecule has 1 fully saturated rings. The lowest BCUT2D eigenvalue weighted by Crippen LogP contribution is -2.26. The first-order valence-corrected chi connectivity index (χ1v) is 8.34. The van der Waals surface area contributed by atoms with E-state index in [1.54, 1.807) is 18.2 Å². The highest BCUT2D eigenvalue weighted by molar-refractivity contribution is 7.85. The van der Waals surface area contributed by atoms with Crippen molar-refractivity contribution in [2.24, 2.45) is 0 Å². The molecule has 0 unspecified atom stereocenters. The molecule has 0 bridgehead atoms. The minimum atomic E-state index is -4.26. The van der Waals surface area contributed by atoms with Gasteiger partial charge in [-0.25, -0.2) is 0 Å². The maximum absolute atomic E-state index is 11.5. The van der Waals surface area contributed by atoms with Crippen LogP contribution in [0.5, 0.6) is 0 Å². The van der Waals surface area contributed by atoms with E-state index in [0.717, 1.165) is 5.56 Å². The van der Waals surface area contributed by atoms with Gasteiger partial charge in [-0.15, -0.1) is 0 Å². The van der Waals surface area contributed by atoms with Crippen molar-refractivity contribution in [3.8, 4) is 0 Å². The molecule has 0 radical (unpaired) electrons. The third kappa shape index (κ3) is 3.20. The van der Waals surface area contributed by atoms with Gasteiger partial charge in [-0.2, -0.15) is 8.42 Å². The van der Waals surface area contributed by atoms with Crippen LogP contribution in [0.3, 0.4) is 0 Å². The van der Waals surface area contributed by atoms with Gasteiger partial charge in [0.15, 0.2) is 6.29 Å². The molecule has 0 spiro atoms. The Bertz CT molecular complexity index is 734. The van der Waals surface area contributed by atoms with E-state index in [4.69, 9.17) is 9.47 Å². The summed E-state index contributed by atoms with van der Waals surface area (Å²) in [7, 11) is -4.26. The van der Waals surface area contributed by atoms with Crippen LogP contribution >= 0.6 is 0 Å². The minimum absolute atomic E-state index is 0.0923. The molecule has 0 saturated carbocycles. The van der Waals surface area contributed by atoms with Crippen LogP contribution in [0.1, 0.15) is 23.3 Å². The van der Waals surface area contributed by atoms with E-state index < -0.39 is 16.4 Å². The quantitative estimate of drug-likeness (QED) is 0.880. The Morgan fingerprint density at radius 1 is 0.909 bits per heavy atom. The van der Waals surface area contributed by atoms with E-state index in [0.29, 0.717) is 18.8 Å². The number of ether oxygens (including phenoxy) is 2. The third-order valence-corrected chi connectivity index (χ3v) is 4.53. The summed E-state index contributed by atoms with van der Waals surface area (Å²) in [6.07, 6.45) is -0.449. The first-order chi connectivity index (χ1) is 10.6. The molecular weight excluding hydrogens is 304 g/mol. The van der Waals surface area contributed by atoms with E-state index in [2.05, 4.69) is 0 Å². The summed E-state index contributed by atoms with van der Waals surface area (Å²) < 4.78 is 43.6. The van der Waals surface area contributed by atoms with Crippen LogP contribution in [0.25, 0.3) is 0 Å². The molecule has 5 nitrogen and oxygen atoms in total. The monoisotopic (exact) mass is 320 g/mol. The molecule has 1 aliphatic heterocycles. The Labute approximate surface area is 129 Å². The van der Waals surface area contributed by atoms with Crippen molar-refractivity contribution >= 4 is 10.1 Å². The number of rotatable bonds is 3. The van der Waals surface area contributed by atoms with Gasteiger partial charge < -0.3 is 9.47 Å². The Morgan fingerprint density at radius 3 is 2.14 bits per heavy atom. The fraction of sp³-hybridized carbons (Fsp3) is 0.250. The molecule has 1 saturated heterocycles. The van der Waals surface area contributed by atoms with Crippen LogP contribution in [0.4, 0.5) is 0 Å². The molecule has 3 rings (SSSR count). The lowest BCUT2D eigenvalue weighted by molar-refractivity contribution is -0.192. The maximum Gasteiger partial charge on any atom is 0.294 e. The molecule has 1 heterocycles. The van der Waals surface area contributed by atoms with Gasteiger partial charge in [0.2, 0.25) is 0 Å². The van der Waals surface area contributed by atoms with E-state index >= 15 is 0 Å². The lowest BCUT2D eigenvalue weighted by Gasteiger charge is -2.30. The highest BCUT2D eigenvalue weighted by Gasteiger charge is 2.28. The van der Waals surface area contributed by atoms with Gasteiger partial charge in [-0.1, -0.05) is 48.5 Å². The summed E-state index contributed by atoms with van der Waals surface area (Å²) in [5.41, 5.74) is 1.43. The zero-order valence-corrected chi connectivity index (χ0v) is 12.6. The van der Waals surface area contributed by atoms with Crippen molar-refractivity contribution in [2.45, 2.75) is 17.1 Å². The van der Waals surface area contributed by atoms with E-state index in [9.17, 15) is 13.0 Å². The molecule has 0 atom stereocenters. The van der Waals surface area contributed by atoms with Crippen LogP contribution in [-0.2, 0) is 19.6 Å². The normalized spacial score (nSPS) is 22.4. The smallest absolute Gasteiger partial charge is 0.294 e. The maximum atomic E-state index is 11.5. The molecule has 1 aliphatic rings. The number of hydrogen-bond acceptors (Lipinski definition) is 4. The number of hydrogen-bond donors (Lipinski definition) is 1. The average molecular weight is 320 g/mol. The predicted octanol–water partition coefficient (Wildman–Crippen LogP) is 2.76. The van der Waals surface area contributed by atoms with E-state index in [1.807, 2.05) is 30.3 Å². The molecular formula is C16H16O5S. The summed E-state index contributed by atoms with van der Waals surface area (Å²) in [6.45, 7) is 0.651. The number of benzene rings is 2. The Kier molecular flexibility index (Phi) is 4.26. The van der Waals surface area contributed by atoms with Crippen molar-refractivity contribution < 1.29 is 22.4 Å². The van der Waals surface area contributed by atoms with Crippen LogP contribution in [-0.4, -0.2) is 26.2 Å². The van der Waals surface area contributed by atoms with Gasteiger partial charge in [0, 0.05) is 11.5 Å². The first kappa shape index (κ1) is 15.2. The molecule has 22 heavy (non-hydrogen) atoms. The van der Waals surface area contributed by atoms with Crippen molar-refractivity contribution in [2.75, 3.05) is 13.2 Å². The summed E-state index contributed by atoms with van der Waals surface area (Å²) >= 11 is 0. The van der Waals surface area contributed by atoms with Crippen molar-refractivity contribution in [1.82, 2.24) is 0 Å². The zero-order valence-electron chi connectivity index (χ0n) is 11.8. The van der Waals surface area contributed by atoms with Crippen LogP contribution in [0, 0.1) is 0 Å². The predicted molar refractivity (Wildman–Crippen MR) is 80.1 cm³/mol. The third-order valence-electron chi connectivity index (χ3n) is 3.61. The molecule has 1 N–H and O–H groups in total. The van der Waals surface area contributed by atoms with Crippen molar-refractivity contribution in [3.05, 3.63) is 65.7 Å². The van der Waals surface area contributed by atoms with E-state index in [-0.39, 0.29) is 10.8 Å². The fourth-order valence-electron chi connectivity index (χ4n) is 2.54. The van der Waals surface area contributed by atoms with Gasteiger partial charge in [-0.3, -0.25) is 4.55 Å². The fourth-order valence-corrected chi connectivity index (χ4v) is 3.32. The molecule has 0 aliphatic carbocycles. The standard InChI is InChI=1S/C16H16O5S/c17-22(18,19)15-9-5-4-8-14(15)13-10-20-16(21-11-13)12-6-2-1-3-7-12/h1-9,13,16H,10-11H2,(H,17,18,19). The molecule has 2 aromatic carbocycles. The molecule has 0 aromatic heterocycles.